The third kappa shape index (κ3) is 5.24. The summed E-state index contributed by atoms with van der Waals surface area (Å²) in [6, 6.07) is -1.13. The van der Waals surface area contributed by atoms with Crippen molar-refractivity contribution >= 4 is 28.3 Å². The minimum absolute atomic E-state index is 0.218. The van der Waals surface area contributed by atoms with Crippen LogP contribution in [0, 0.1) is 5.92 Å². The Morgan fingerprint density at radius 3 is 2.50 bits per heavy atom. The highest BCUT2D eigenvalue weighted by Gasteiger charge is 2.49. The van der Waals surface area contributed by atoms with Gasteiger partial charge in [0, 0.05) is 12.8 Å². The lowest BCUT2D eigenvalue weighted by atomic mass is 9.92. The van der Waals surface area contributed by atoms with Gasteiger partial charge in [-0.3, -0.25) is 13.9 Å². The number of carbonyl (C=O) groups is 1. The third-order valence-electron chi connectivity index (χ3n) is 5.73. The Labute approximate surface area is 174 Å². The highest BCUT2D eigenvalue weighted by Crippen LogP contribution is 2.29. The fraction of sp³-hybridized carbons (Fsp3) is 0.944. The van der Waals surface area contributed by atoms with Gasteiger partial charge in [-0.2, -0.15) is 0 Å². The van der Waals surface area contributed by atoms with Gasteiger partial charge in [0.15, 0.2) is 5.44 Å². The smallest absolute Gasteiger partial charge is 0.237 e. The second kappa shape index (κ2) is 10.1. The Morgan fingerprint density at radius 1 is 1.32 bits per heavy atom. The summed E-state index contributed by atoms with van der Waals surface area (Å²) in [5, 5.41) is 32.8. The van der Waals surface area contributed by atoms with Gasteiger partial charge in [-0.1, -0.05) is 13.3 Å². The number of carbonyl (C=O) groups excluding carboxylic acids is 1. The molecule has 8 nitrogen and oxygen atoms in total. The molecule has 0 aromatic rings. The highest BCUT2D eigenvalue weighted by molar-refractivity contribution is 7.84. The van der Waals surface area contributed by atoms with Crippen molar-refractivity contribution in [3.63, 3.8) is 0 Å². The van der Waals surface area contributed by atoms with E-state index in [1.807, 2.05) is 11.9 Å². The molecule has 10 atom stereocenters. The van der Waals surface area contributed by atoms with E-state index in [0.29, 0.717) is 5.92 Å². The molecule has 4 N–H and O–H groups in total. The lowest BCUT2D eigenvalue weighted by Crippen LogP contribution is -2.66. The van der Waals surface area contributed by atoms with Crippen LogP contribution < -0.4 is 5.32 Å². The van der Waals surface area contributed by atoms with Gasteiger partial charge in [-0.25, -0.2) is 0 Å². The normalized spacial score (nSPS) is 40.1. The molecule has 2 rings (SSSR count). The lowest BCUT2D eigenvalue weighted by Gasteiger charge is -2.43. The molecule has 28 heavy (non-hydrogen) atoms. The molecule has 0 radical (unpaired) electrons. The summed E-state index contributed by atoms with van der Waals surface area (Å²) in [6.45, 7) is 4.61. The first-order valence-electron chi connectivity index (χ1n) is 9.75. The number of halogens is 1. The standard InChI is InChI=1S/C18H33ClN2O6S/c1-5-6-10-7-11(21(3)8-10)17(25)20-12(9(2)19)16-14(23)13(22)15(24)18(27-16)28(4)26/h9-16,18,22-24H,5-8H2,1-4H3,(H,20,25)/t9-,10+,11-,12+,13-,14+,15+,16+,18+,28?/m0/s1. The van der Waals surface area contributed by atoms with E-state index >= 15 is 0 Å². The van der Waals surface area contributed by atoms with Gasteiger partial charge in [0.05, 0.1) is 28.3 Å². The van der Waals surface area contributed by atoms with Crippen LogP contribution in [0.3, 0.4) is 0 Å². The van der Waals surface area contributed by atoms with Crippen LogP contribution in [0.5, 0.6) is 0 Å². The molecular formula is C18H33ClN2O6S. The molecule has 1 amide bonds. The van der Waals surface area contributed by atoms with Crippen molar-refractivity contribution < 1.29 is 29.1 Å². The Morgan fingerprint density at radius 2 is 1.96 bits per heavy atom. The van der Waals surface area contributed by atoms with Gasteiger partial charge in [-0.05, 0) is 32.7 Å². The van der Waals surface area contributed by atoms with E-state index in [1.54, 1.807) is 6.92 Å². The van der Waals surface area contributed by atoms with Gasteiger partial charge < -0.3 is 25.4 Å². The van der Waals surface area contributed by atoms with E-state index in [9.17, 15) is 24.3 Å². The zero-order chi connectivity index (χ0) is 21.2. The van der Waals surface area contributed by atoms with Crippen molar-refractivity contribution in [2.75, 3.05) is 19.8 Å². The van der Waals surface area contributed by atoms with Crippen molar-refractivity contribution in [2.45, 2.75) is 80.4 Å². The average Bonchev–Trinajstić information content (AvgIpc) is 2.98. The maximum atomic E-state index is 12.9. The van der Waals surface area contributed by atoms with Crippen molar-refractivity contribution in [2.24, 2.45) is 5.92 Å². The van der Waals surface area contributed by atoms with E-state index in [1.165, 1.54) is 6.26 Å². The first-order chi connectivity index (χ1) is 13.1. The molecule has 2 fully saturated rings. The first-order valence-corrected chi connectivity index (χ1v) is 11.8. The van der Waals surface area contributed by atoms with Crippen LogP contribution in [-0.4, -0.2) is 97.5 Å². The van der Waals surface area contributed by atoms with Crippen molar-refractivity contribution in [3.05, 3.63) is 0 Å². The monoisotopic (exact) mass is 440 g/mol. The topological polar surface area (TPSA) is 119 Å². The van der Waals surface area contributed by atoms with Crippen molar-refractivity contribution in [3.8, 4) is 0 Å². The Kier molecular flexibility index (Phi) is 8.69. The number of rotatable bonds is 7. The lowest BCUT2D eigenvalue weighted by molar-refractivity contribution is -0.206. The maximum Gasteiger partial charge on any atom is 0.237 e. The number of ether oxygens (including phenoxy) is 1. The average molecular weight is 441 g/mol. The number of likely N-dealkylation sites (tertiary alicyclic amines) is 1. The van der Waals surface area contributed by atoms with Crippen LogP contribution in [0.25, 0.3) is 0 Å². The predicted octanol–water partition coefficient (Wildman–Crippen LogP) is -0.595. The minimum Gasteiger partial charge on any atom is -0.388 e. The van der Waals surface area contributed by atoms with Crippen LogP contribution in [0.15, 0.2) is 0 Å². The van der Waals surface area contributed by atoms with E-state index in [4.69, 9.17) is 16.3 Å². The Hall–Kier alpha value is -0.290. The maximum absolute atomic E-state index is 12.9. The molecular weight excluding hydrogens is 408 g/mol. The SMILES string of the molecule is CCC[C@@H]1C[C@@H](C(=O)N[C@@H]([C@H]2O[C@H](S(C)=O)[C@H](O)[C@@H](O)[C@H]2O)[C@H](C)Cl)N(C)C1. The number of hydrogen-bond acceptors (Lipinski definition) is 7. The molecule has 164 valence electrons. The van der Waals surface area contributed by atoms with Crippen LogP contribution in [0.4, 0.5) is 0 Å². The Balaban J connectivity index is 2.14. The van der Waals surface area contributed by atoms with Gasteiger partial charge >= 0.3 is 0 Å². The summed E-state index contributed by atoms with van der Waals surface area (Å²) in [5.41, 5.74) is -1.18. The van der Waals surface area contributed by atoms with Crippen LogP contribution in [0.2, 0.25) is 0 Å². The van der Waals surface area contributed by atoms with E-state index in [2.05, 4.69) is 12.2 Å². The molecule has 0 saturated carbocycles. The summed E-state index contributed by atoms with van der Waals surface area (Å²) in [7, 11) is 0.301. The quantitative estimate of drug-likeness (QED) is 0.390. The summed E-state index contributed by atoms with van der Waals surface area (Å²) >= 11 is 6.28. The molecule has 0 aromatic carbocycles. The molecule has 0 aliphatic carbocycles. The zero-order valence-electron chi connectivity index (χ0n) is 16.8. The third-order valence-corrected chi connectivity index (χ3v) is 7.04. The highest BCUT2D eigenvalue weighted by atomic mass is 35.5. The number of likely N-dealkylation sites (N-methyl/N-ethyl adjacent to an activating group) is 1. The number of alkyl halides is 1. The summed E-state index contributed by atoms with van der Waals surface area (Å²) < 4.78 is 17.5. The minimum atomic E-state index is -1.60. The molecule has 0 spiro atoms. The first kappa shape index (κ1) is 24.0. The van der Waals surface area contributed by atoms with Crippen LogP contribution in [-0.2, 0) is 20.3 Å². The van der Waals surface area contributed by atoms with Crippen molar-refractivity contribution in [1.29, 1.82) is 0 Å². The number of amides is 1. The van der Waals surface area contributed by atoms with E-state index in [-0.39, 0.29) is 11.9 Å². The molecule has 2 aliphatic rings. The van der Waals surface area contributed by atoms with Crippen LogP contribution in [0.1, 0.15) is 33.1 Å². The van der Waals surface area contributed by atoms with Crippen LogP contribution >= 0.6 is 11.6 Å². The van der Waals surface area contributed by atoms with Crippen molar-refractivity contribution in [1.82, 2.24) is 10.2 Å². The molecule has 10 heteroatoms. The van der Waals surface area contributed by atoms with E-state index in [0.717, 1.165) is 25.8 Å². The Bertz CT molecular complexity index is 568. The summed E-state index contributed by atoms with van der Waals surface area (Å²) in [6.07, 6.45) is -1.41. The molecule has 2 heterocycles. The molecule has 0 bridgehead atoms. The van der Waals surface area contributed by atoms with Gasteiger partial charge in [-0.15, -0.1) is 11.6 Å². The second-order valence-electron chi connectivity index (χ2n) is 8.00. The summed E-state index contributed by atoms with van der Waals surface area (Å²) in [4.78, 5) is 14.9. The number of aliphatic hydroxyl groups excluding tert-OH is 3. The largest absolute Gasteiger partial charge is 0.388 e. The fourth-order valence-corrected chi connectivity index (χ4v) is 5.24. The predicted molar refractivity (Wildman–Crippen MR) is 107 cm³/mol. The molecule has 0 aromatic heterocycles. The van der Waals surface area contributed by atoms with E-state index < -0.39 is 52.1 Å². The van der Waals surface area contributed by atoms with Gasteiger partial charge in [0.1, 0.15) is 24.4 Å². The molecule has 2 saturated heterocycles. The van der Waals surface area contributed by atoms with Gasteiger partial charge in [0.25, 0.3) is 0 Å². The molecule has 2 aliphatic heterocycles. The van der Waals surface area contributed by atoms with Gasteiger partial charge in [0.2, 0.25) is 5.91 Å². The number of nitrogens with zero attached hydrogens (tertiary/aromatic N) is 1. The number of aliphatic hydroxyl groups is 3. The second-order valence-corrected chi connectivity index (χ2v) is 10.1. The number of hydrogen-bond donors (Lipinski definition) is 4. The number of nitrogens with one attached hydrogen (secondary N) is 1. The molecule has 1 unspecified atom stereocenters. The fourth-order valence-electron chi connectivity index (χ4n) is 4.19. The zero-order valence-corrected chi connectivity index (χ0v) is 18.4. The summed E-state index contributed by atoms with van der Waals surface area (Å²) in [5.74, 6) is 0.238.